The van der Waals surface area contributed by atoms with E-state index >= 15 is 0 Å². The molecule has 0 saturated carbocycles. The largest absolute Gasteiger partial charge is 0.314 e. The summed E-state index contributed by atoms with van der Waals surface area (Å²) < 4.78 is 0. The first-order valence-corrected chi connectivity index (χ1v) is 7.27. The van der Waals surface area contributed by atoms with Gasteiger partial charge in [0.1, 0.15) is 0 Å². The van der Waals surface area contributed by atoms with E-state index in [-0.39, 0.29) is 0 Å². The van der Waals surface area contributed by atoms with Gasteiger partial charge in [0, 0.05) is 12.1 Å². The summed E-state index contributed by atoms with van der Waals surface area (Å²) in [5.41, 5.74) is 0. The van der Waals surface area contributed by atoms with E-state index in [2.05, 4.69) is 24.1 Å². The van der Waals surface area contributed by atoms with Gasteiger partial charge in [-0.2, -0.15) is 0 Å². The van der Waals surface area contributed by atoms with E-state index in [0.29, 0.717) is 0 Å². The molecular weight excluding hydrogens is 196 g/mol. The lowest BCUT2D eigenvalue weighted by molar-refractivity contribution is 0.0988. The van der Waals surface area contributed by atoms with Crippen LogP contribution in [0.25, 0.3) is 0 Å². The van der Waals surface area contributed by atoms with Crippen LogP contribution >= 0.6 is 0 Å². The molecule has 2 aliphatic heterocycles. The Morgan fingerprint density at radius 2 is 1.94 bits per heavy atom. The van der Waals surface area contributed by atoms with Gasteiger partial charge in [0.15, 0.2) is 0 Å². The van der Waals surface area contributed by atoms with Crippen LogP contribution in [0.1, 0.15) is 52.4 Å². The molecular formula is C14H28N2. The molecule has 2 fully saturated rings. The summed E-state index contributed by atoms with van der Waals surface area (Å²) in [7, 11) is 0. The molecule has 0 spiro atoms. The zero-order valence-electron chi connectivity index (χ0n) is 11.0. The van der Waals surface area contributed by atoms with Crippen molar-refractivity contribution in [3.8, 4) is 0 Å². The van der Waals surface area contributed by atoms with Gasteiger partial charge in [-0.05, 0) is 58.2 Å². The van der Waals surface area contributed by atoms with Crippen molar-refractivity contribution >= 4 is 0 Å². The van der Waals surface area contributed by atoms with Gasteiger partial charge in [-0.25, -0.2) is 0 Å². The third-order valence-electron chi connectivity index (χ3n) is 4.46. The summed E-state index contributed by atoms with van der Waals surface area (Å²) in [5.74, 6) is 1.03. The van der Waals surface area contributed by atoms with Crippen molar-refractivity contribution in [2.45, 2.75) is 64.5 Å². The van der Waals surface area contributed by atoms with Crippen molar-refractivity contribution in [2.75, 3.05) is 19.6 Å². The molecule has 2 aliphatic rings. The molecule has 0 aromatic rings. The van der Waals surface area contributed by atoms with Gasteiger partial charge < -0.3 is 10.2 Å². The Morgan fingerprint density at radius 1 is 1.19 bits per heavy atom. The SMILES string of the molecule is CCCC1CCN(C2CCNC(C)C2)CC1. The number of hydrogen-bond acceptors (Lipinski definition) is 2. The van der Waals surface area contributed by atoms with Crippen molar-refractivity contribution in [3.05, 3.63) is 0 Å². The summed E-state index contributed by atoms with van der Waals surface area (Å²) in [6.45, 7) is 8.60. The highest BCUT2D eigenvalue weighted by Crippen LogP contribution is 2.25. The highest BCUT2D eigenvalue weighted by Gasteiger charge is 2.27. The molecule has 2 heterocycles. The van der Waals surface area contributed by atoms with E-state index in [1.807, 2.05) is 0 Å². The molecule has 1 N–H and O–H groups in total. The van der Waals surface area contributed by atoms with Crippen molar-refractivity contribution < 1.29 is 0 Å². The number of nitrogens with zero attached hydrogens (tertiary/aromatic N) is 1. The Kier molecular flexibility index (Phi) is 4.66. The lowest BCUT2D eigenvalue weighted by Gasteiger charge is -2.41. The predicted octanol–water partition coefficient (Wildman–Crippen LogP) is 2.64. The summed E-state index contributed by atoms with van der Waals surface area (Å²) in [5, 5.41) is 3.55. The molecule has 94 valence electrons. The fourth-order valence-corrected chi connectivity index (χ4v) is 3.45. The minimum atomic E-state index is 0.729. The average Bonchev–Trinajstić information content (AvgIpc) is 2.30. The zero-order chi connectivity index (χ0) is 11.4. The van der Waals surface area contributed by atoms with Gasteiger partial charge in [-0.1, -0.05) is 19.8 Å². The van der Waals surface area contributed by atoms with Crippen LogP contribution in [0.3, 0.4) is 0 Å². The lowest BCUT2D eigenvalue weighted by atomic mass is 9.90. The third-order valence-corrected chi connectivity index (χ3v) is 4.46. The number of nitrogens with one attached hydrogen (secondary N) is 1. The number of rotatable bonds is 3. The number of piperidine rings is 2. The molecule has 0 aromatic heterocycles. The topological polar surface area (TPSA) is 15.3 Å². The standard InChI is InChI=1S/C14H28N2/c1-3-4-13-6-9-16(10-7-13)14-5-8-15-12(2)11-14/h12-15H,3-11H2,1-2H3. The van der Waals surface area contributed by atoms with Crippen LogP contribution in [0.2, 0.25) is 0 Å². The fraction of sp³-hybridized carbons (Fsp3) is 1.00. The summed E-state index contributed by atoms with van der Waals surface area (Å²) in [4.78, 5) is 2.77. The molecule has 16 heavy (non-hydrogen) atoms. The molecule has 2 atom stereocenters. The highest BCUT2D eigenvalue weighted by atomic mass is 15.2. The van der Waals surface area contributed by atoms with Crippen LogP contribution in [0.5, 0.6) is 0 Å². The van der Waals surface area contributed by atoms with E-state index < -0.39 is 0 Å². The first kappa shape index (κ1) is 12.4. The van der Waals surface area contributed by atoms with Crippen molar-refractivity contribution in [1.82, 2.24) is 10.2 Å². The van der Waals surface area contributed by atoms with Crippen LogP contribution in [0, 0.1) is 5.92 Å². The smallest absolute Gasteiger partial charge is 0.0122 e. The normalized spacial score (nSPS) is 34.1. The van der Waals surface area contributed by atoms with Crippen molar-refractivity contribution in [2.24, 2.45) is 5.92 Å². The quantitative estimate of drug-likeness (QED) is 0.793. The minimum Gasteiger partial charge on any atom is -0.314 e. The van der Waals surface area contributed by atoms with E-state index in [4.69, 9.17) is 0 Å². The molecule has 2 rings (SSSR count). The van der Waals surface area contributed by atoms with E-state index in [0.717, 1.165) is 18.0 Å². The first-order chi connectivity index (χ1) is 7.79. The monoisotopic (exact) mass is 224 g/mol. The van der Waals surface area contributed by atoms with Gasteiger partial charge in [0.2, 0.25) is 0 Å². The van der Waals surface area contributed by atoms with Crippen molar-refractivity contribution in [3.63, 3.8) is 0 Å². The molecule has 0 aromatic carbocycles. The Balaban J connectivity index is 1.75. The Bertz CT molecular complexity index is 197. The lowest BCUT2D eigenvalue weighted by Crippen LogP contribution is -2.49. The van der Waals surface area contributed by atoms with Crippen molar-refractivity contribution in [1.29, 1.82) is 0 Å². The van der Waals surface area contributed by atoms with Gasteiger partial charge in [-0.15, -0.1) is 0 Å². The second kappa shape index (κ2) is 6.02. The molecule has 0 aliphatic carbocycles. The van der Waals surface area contributed by atoms with E-state index in [1.165, 1.54) is 58.2 Å². The number of hydrogen-bond donors (Lipinski definition) is 1. The maximum atomic E-state index is 3.55. The van der Waals surface area contributed by atoms with Crippen LogP contribution in [-0.2, 0) is 0 Å². The molecule has 2 nitrogen and oxygen atoms in total. The Morgan fingerprint density at radius 3 is 2.56 bits per heavy atom. The first-order valence-electron chi connectivity index (χ1n) is 7.27. The zero-order valence-corrected chi connectivity index (χ0v) is 11.0. The summed E-state index contributed by atoms with van der Waals surface area (Å²) >= 11 is 0. The fourth-order valence-electron chi connectivity index (χ4n) is 3.45. The number of likely N-dealkylation sites (tertiary alicyclic amines) is 1. The van der Waals surface area contributed by atoms with Gasteiger partial charge in [-0.3, -0.25) is 0 Å². The summed E-state index contributed by atoms with van der Waals surface area (Å²) in [6.07, 6.45) is 8.45. The molecule has 2 heteroatoms. The van der Waals surface area contributed by atoms with E-state index in [9.17, 15) is 0 Å². The van der Waals surface area contributed by atoms with Gasteiger partial charge in [0.25, 0.3) is 0 Å². The predicted molar refractivity (Wildman–Crippen MR) is 69.7 cm³/mol. The van der Waals surface area contributed by atoms with Crippen LogP contribution < -0.4 is 5.32 Å². The Hall–Kier alpha value is -0.0800. The van der Waals surface area contributed by atoms with Crippen LogP contribution in [0.4, 0.5) is 0 Å². The Labute approximate surface area is 101 Å². The maximum Gasteiger partial charge on any atom is 0.0122 e. The maximum absolute atomic E-state index is 3.55. The minimum absolute atomic E-state index is 0.729. The van der Waals surface area contributed by atoms with Crippen LogP contribution in [0.15, 0.2) is 0 Å². The summed E-state index contributed by atoms with van der Waals surface area (Å²) in [6, 6.07) is 1.60. The molecule has 2 saturated heterocycles. The molecule has 0 bridgehead atoms. The highest BCUT2D eigenvalue weighted by molar-refractivity contribution is 4.84. The second-order valence-corrected chi connectivity index (χ2v) is 5.80. The molecule has 0 radical (unpaired) electrons. The van der Waals surface area contributed by atoms with Gasteiger partial charge >= 0.3 is 0 Å². The third kappa shape index (κ3) is 3.21. The van der Waals surface area contributed by atoms with E-state index in [1.54, 1.807) is 0 Å². The molecule has 2 unspecified atom stereocenters. The average molecular weight is 224 g/mol. The van der Waals surface area contributed by atoms with Gasteiger partial charge in [0.05, 0.1) is 0 Å². The van der Waals surface area contributed by atoms with Crippen LogP contribution in [-0.4, -0.2) is 36.6 Å². The molecule has 0 amide bonds. The second-order valence-electron chi connectivity index (χ2n) is 5.80.